The number of nitrogens with zero attached hydrogens (tertiary/aromatic N) is 3. The van der Waals surface area contributed by atoms with Crippen LogP contribution in [-0.4, -0.2) is 26.2 Å². The molecule has 0 atom stereocenters. The SMILES string of the molecule is CCc1ccc(N(C)C2CCN(c3ccc(C#N)cc3F)CC2)cc1. The number of aryl methyl sites for hydroxylation is 1. The van der Waals surface area contributed by atoms with Crippen LogP contribution in [0.4, 0.5) is 15.8 Å². The van der Waals surface area contributed by atoms with E-state index in [4.69, 9.17) is 5.26 Å². The maximum absolute atomic E-state index is 14.2. The summed E-state index contributed by atoms with van der Waals surface area (Å²) in [6.07, 6.45) is 3.04. The van der Waals surface area contributed by atoms with Gasteiger partial charge < -0.3 is 9.80 Å². The molecule has 0 aliphatic carbocycles. The van der Waals surface area contributed by atoms with E-state index in [0.29, 0.717) is 17.3 Å². The standard InChI is InChI=1S/C21H24FN3/c1-3-16-4-7-18(8-5-16)24(2)19-10-12-25(13-11-19)21-9-6-17(15-23)14-20(21)22/h4-9,14,19H,3,10-13H2,1-2H3. The van der Waals surface area contributed by atoms with Gasteiger partial charge in [0.05, 0.1) is 17.3 Å². The van der Waals surface area contributed by atoms with Gasteiger partial charge in [-0.2, -0.15) is 5.26 Å². The summed E-state index contributed by atoms with van der Waals surface area (Å²) >= 11 is 0. The Morgan fingerprint density at radius 1 is 1.16 bits per heavy atom. The number of rotatable bonds is 4. The Balaban J connectivity index is 1.64. The van der Waals surface area contributed by atoms with Crippen LogP contribution in [0.1, 0.15) is 30.9 Å². The summed E-state index contributed by atoms with van der Waals surface area (Å²) in [6, 6.07) is 15.9. The zero-order chi connectivity index (χ0) is 17.8. The molecule has 1 heterocycles. The highest BCUT2D eigenvalue weighted by atomic mass is 19.1. The molecule has 1 fully saturated rings. The van der Waals surface area contributed by atoms with Crippen molar-refractivity contribution in [3.8, 4) is 6.07 Å². The number of halogens is 1. The number of hydrogen-bond acceptors (Lipinski definition) is 3. The lowest BCUT2D eigenvalue weighted by atomic mass is 10.0. The van der Waals surface area contributed by atoms with Gasteiger partial charge in [0.25, 0.3) is 0 Å². The summed E-state index contributed by atoms with van der Waals surface area (Å²) in [5.74, 6) is -0.305. The summed E-state index contributed by atoms with van der Waals surface area (Å²) < 4.78 is 14.2. The first-order valence-electron chi connectivity index (χ1n) is 8.88. The van der Waals surface area contributed by atoms with Gasteiger partial charge in [0.1, 0.15) is 5.82 Å². The Labute approximate surface area is 149 Å². The fraction of sp³-hybridized carbons (Fsp3) is 0.381. The van der Waals surface area contributed by atoms with E-state index in [1.807, 2.05) is 6.07 Å². The summed E-state index contributed by atoms with van der Waals surface area (Å²) in [6.45, 7) is 3.81. The van der Waals surface area contributed by atoms with Gasteiger partial charge in [0.15, 0.2) is 0 Å². The maximum Gasteiger partial charge on any atom is 0.147 e. The molecule has 3 nitrogen and oxygen atoms in total. The molecule has 2 aromatic rings. The molecule has 1 aliphatic rings. The lowest BCUT2D eigenvalue weighted by molar-refractivity contribution is 0.477. The Morgan fingerprint density at radius 2 is 1.84 bits per heavy atom. The second-order valence-corrected chi connectivity index (χ2v) is 6.63. The van der Waals surface area contributed by atoms with Crippen LogP contribution >= 0.6 is 0 Å². The number of benzene rings is 2. The van der Waals surface area contributed by atoms with Crippen molar-refractivity contribution in [1.82, 2.24) is 0 Å². The molecular weight excluding hydrogens is 313 g/mol. The fourth-order valence-electron chi connectivity index (χ4n) is 3.50. The smallest absolute Gasteiger partial charge is 0.147 e. The average molecular weight is 337 g/mol. The van der Waals surface area contributed by atoms with E-state index in [2.05, 4.69) is 48.0 Å². The van der Waals surface area contributed by atoms with Crippen molar-refractivity contribution in [2.45, 2.75) is 32.2 Å². The fourth-order valence-corrected chi connectivity index (χ4v) is 3.50. The second kappa shape index (κ2) is 7.57. The molecule has 2 aromatic carbocycles. The summed E-state index contributed by atoms with van der Waals surface area (Å²) in [5.41, 5.74) is 3.56. The van der Waals surface area contributed by atoms with Crippen molar-refractivity contribution >= 4 is 11.4 Å². The van der Waals surface area contributed by atoms with Gasteiger partial charge in [-0.15, -0.1) is 0 Å². The minimum Gasteiger partial charge on any atom is -0.371 e. The van der Waals surface area contributed by atoms with E-state index in [1.165, 1.54) is 17.3 Å². The van der Waals surface area contributed by atoms with Gasteiger partial charge in [-0.1, -0.05) is 19.1 Å². The van der Waals surface area contributed by atoms with Crippen LogP contribution in [0, 0.1) is 17.1 Å². The average Bonchev–Trinajstić information content (AvgIpc) is 2.67. The molecule has 4 heteroatoms. The summed E-state index contributed by atoms with van der Waals surface area (Å²) in [4.78, 5) is 4.42. The predicted molar refractivity (Wildman–Crippen MR) is 101 cm³/mol. The van der Waals surface area contributed by atoms with Gasteiger partial charge >= 0.3 is 0 Å². The largest absolute Gasteiger partial charge is 0.371 e. The topological polar surface area (TPSA) is 30.3 Å². The molecule has 0 aromatic heterocycles. The maximum atomic E-state index is 14.2. The van der Waals surface area contributed by atoms with E-state index < -0.39 is 0 Å². The minimum absolute atomic E-state index is 0.305. The first-order valence-corrected chi connectivity index (χ1v) is 8.88. The van der Waals surface area contributed by atoms with Gasteiger partial charge in [0, 0.05) is 31.9 Å². The molecule has 0 bridgehead atoms. The highest BCUT2D eigenvalue weighted by molar-refractivity contribution is 5.52. The van der Waals surface area contributed by atoms with Crippen LogP contribution in [-0.2, 0) is 6.42 Å². The van der Waals surface area contributed by atoms with Gasteiger partial charge in [-0.3, -0.25) is 0 Å². The molecule has 1 aliphatic heterocycles. The van der Waals surface area contributed by atoms with Crippen molar-refractivity contribution < 1.29 is 4.39 Å². The van der Waals surface area contributed by atoms with Crippen LogP contribution in [0.15, 0.2) is 42.5 Å². The van der Waals surface area contributed by atoms with Gasteiger partial charge in [0.2, 0.25) is 0 Å². The van der Waals surface area contributed by atoms with E-state index >= 15 is 0 Å². The molecule has 0 N–H and O–H groups in total. The first-order chi connectivity index (χ1) is 12.1. The molecule has 0 spiro atoms. The normalized spacial score (nSPS) is 15.0. The molecule has 1 saturated heterocycles. The van der Waals surface area contributed by atoms with Gasteiger partial charge in [-0.25, -0.2) is 4.39 Å². The zero-order valence-corrected chi connectivity index (χ0v) is 14.9. The van der Waals surface area contributed by atoms with E-state index in [1.54, 1.807) is 12.1 Å². The zero-order valence-electron chi connectivity index (χ0n) is 14.9. The highest BCUT2D eigenvalue weighted by Gasteiger charge is 2.24. The minimum atomic E-state index is -0.305. The lowest BCUT2D eigenvalue weighted by Crippen LogP contribution is -2.43. The van der Waals surface area contributed by atoms with Gasteiger partial charge in [-0.05, 0) is 55.2 Å². The third kappa shape index (κ3) is 3.76. The van der Waals surface area contributed by atoms with Crippen LogP contribution in [0.2, 0.25) is 0 Å². The summed E-state index contributed by atoms with van der Waals surface area (Å²) in [7, 11) is 2.14. The monoisotopic (exact) mass is 337 g/mol. The third-order valence-corrected chi connectivity index (χ3v) is 5.18. The number of piperidine rings is 1. The molecule has 0 saturated carbocycles. The number of nitriles is 1. The van der Waals surface area contributed by atoms with Crippen LogP contribution < -0.4 is 9.80 Å². The van der Waals surface area contributed by atoms with E-state index in [9.17, 15) is 4.39 Å². The third-order valence-electron chi connectivity index (χ3n) is 5.18. The molecule has 130 valence electrons. The highest BCUT2D eigenvalue weighted by Crippen LogP contribution is 2.27. The molecule has 25 heavy (non-hydrogen) atoms. The van der Waals surface area contributed by atoms with Crippen molar-refractivity contribution in [1.29, 1.82) is 5.26 Å². The Bertz CT molecular complexity index is 756. The van der Waals surface area contributed by atoms with E-state index in [0.717, 1.165) is 32.4 Å². The Kier molecular flexibility index (Phi) is 5.23. The lowest BCUT2D eigenvalue weighted by Gasteiger charge is -2.39. The summed E-state index contributed by atoms with van der Waals surface area (Å²) in [5, 5.41) is 8.86. The van der Waals surface area contributed by atoms with Crippen LogP contribution in [0.3, 0.4) is 0 Å². The molecular formula is C21H24FN3. The number of anilines is 2. The number of hydrogen-bond donors (Lipinski definition) is 0. The molecule has 0 amide bonds. The molecule has 0 radical (unpaired) electrons. The first kappa shape index (κ1) is 17.3. The second-order valence-electron chi connectivity index (χ2n) is 6.63. The molecule has 3 rings (SSSR count). The van der Waals surface area contributed by atoms with Crippen LogP contribution in [0.25, 0.3) is 0 Å². The quantitative estimate of drug-likeness (QED) is 0.830. The van der Waals surface area contributed by atoms with Crippen LogP contribution in [0.5, 0.6) is 0 Å². The van der Waals surface area contributed by atoms with E-state index in [-0.39, 0.29) is 5.82 Å². The Morgan fingerprint density at radius 3 is 2.40 bits per heavy atom. The van der Waals surface area contributed by atoms with Crippen molar-refractivity contribution in [3.63, 3.8) is 0 Å². The van der Waals surface area contributed by atoms with Crippen molar-refractivity contribution in [3.05, 3.63) is 59.4 Å². The molecule has 0 unspecified atom stereocenters. The van der Waals surface area contributed by atoms with Crippen molar-refractivity contribution in [2.75, 3.05) is 29.9 Å². The predicted octanol–water partition coefficient (Wildman–Crippen LogP) is 4.36. The Hall–Kier alpha value is -2.54. The van der Waals surface area contributed by atoms with Crippen molar-refractivity contribution in [2.24, 2.45) is 0 Å².